The first kappa shape index (κ1) is 14.2. The zero-order valence-electron chi connectivity index (χ0n) is 12.5. The summed E-state index contributed by atoms with van der Waals surface area (Å²) >= 11 is 1.58. The third-order valence-corrected chi connectivity index (χ3v) is 5.27. The third kappa shape index (κ3) is 3.13. The van der Waals surface area contributed by atoms with Gasteiger partial charge in [0.25, 0.3) is 5.19 Å². The van der Waals surface area contributed by atoms with Gasteiger partial charge in [0.15, 0.2) is 0 Å². The van der Waals surface area contributed by atoms with E-state index in [9.17, 15) is 0 Å². The number of nitrogens with zero attached hydrogens (tertiary/aromatic N) is 4. The van der Waals surface area contributed by atoms with E-state index in [0.29, 0.717) is 17.2 Å². The highest BCUT2D eigenvalue weighted by atomic mass is 32.1. The second-order valence-electron chi connectivity index (χ2n) is 6.20. The van der Waals surface area contributed by atoms with Crippen molar-refractivity contribution in [2.45, 2.75) is 32.7 Å². The number of hydrogen-bond donors (Lipinski definition) is 0. The largest absolute Gasteiger partial charge is 0.469 e. The summed E-state index contributed by atoms with van der Waals surface area (Å²) in [7, 11) is 2.25. The number of hydrogen-bond acceptors (Lipinski definition) is 6. The molecule has 20 heavy (non-hydrogen) atoms. The molecule has 0 amide bonds. The van der Waals surface area contributed by atoms with Gasteiger partial charge >= 0.3 is 0 Å². The number of aromatic nitrogens is 2. The van der Waals surface area contributed by atoms with E-state index in [1.54, 1.807) is 11.3 Å². The zero-order valence-corrected chi connectivity index (χ0v) is 13.3. The smallest absolute Gasteiger partial charge is 0.294 e. The molecule has 0 radical (unpaired) electrons. The molecule has 3 heterocycles. The fourth-order valence-electron chi connectivity index (χ4n) is 3.63. The third-order valence-electron chi connectivity index (χ3n) is 4.44. The van der Waals surface area contributed by atoms with E-state index in [4.69, 9.17) is 4.74 Å². The van der Waals surface area contributed by atoms with Gasteiger partial charge in [-0.15, -0.1) is 10.2 Å². The van der Waals surface area contributed by atoms with Crippen molar-refractivity contribution in [1.82, 2.24) is 20.0 Å². The molecular weight excluding hydrogens is 272 g/mol. The molecule has 2 aliphatic rings. The fraction of sp³-hybridized carbons (Fsp3) is 0.857. The number of likely N-dealkylation sites (tertiary alicyclic amines) is 2. The van der Waals surface area contributed by atoms with Gasteiger partial charge in [-0.05, 0) is 51.7 Å². The first-order chi connectivity index (χ1) is 9.69. The van der Waals surface area contributed by atoms with Gasteiger partial charge in [-0.2, -0.15) is 0 Å². The summed E-state index contributed by atoms with van der Waals surface area (Å²) in [5.41, 5.74) is 0.528. The van der Waals surface area contributed by atoms with Crippen molar-refractivity contribution in [1.29, 1.82) is 0 Å². The van der Waals surface area contributed by atoms with Crippen LogP contribution < -0.4 is 4.74 Å². The predicted molar refractivity (Wildman–Crippen MR) is 80.1 cm³/mol. The first-order valence-corrected chi connectivity index (χ1v) is 8.37. The average Bonchev–Trinajstić information content (AvgIpc) is 2.99. The van der Waals surface area contributed by atoms with Gasteiger partial charge in [0.1, 0.15) is 5.01 Å². The van der Waals surface area contributed by atoms with Crippen molar-refractivity contribution in [3.05, 3.63) is 5.01 Å². The highest BCUT2D eigenvalue weighted by Gasteiger charge is 2.40. The van der Waals surface area contributed by atoms with Crippen LogP contribution in [0.4, 0.5) is 0 Å². The van der Waals surface area contributed by atoms with Crippen molar-refractivity contribution >= 4 is 11.3 Å². The average molecular weight is 296 g/mol. The summed E-state index contributed by atoms with van der Waals surface area (Å²) in [4.78, 5) is 5.03. The van der Waals surface area contributed by atoms with Crippen LogP contribution in [0.25, 0.3) is 0 Å². The molecule has 1 aromatic rings. The maximum absolute atomic E-state index is 5.39. The quantitative estimate of drug-likeness (QED) is 0.848. The van der Waals surface area contributed by atoms with Crippen LogP contribution in [0.15, 0.2) is 0 Å². The fourth-order valence-corrected chi connectivity index (χ4v) is 4.41. The Kier molecular flexibility index (Phi) is 4.23. The van der Waals surface area contributed by atoms with Crippen LogP contribution in [0.5, 0.6) is 5.19 Å². The summed E-state index contributed by atoms with van der Waals surface area (Å²) in [6.07, 6.45) is 4.06. The summed E-state index contributed by atoms with van der Waals surface area (Å²) in [5, 5.41) is 10.1. The minimum Gasteiger partial charge on any atom is -0.469 e. The maximum atomic E-state index is 5.39. The molecule has 2 aliphatic heterocycles. The van der Waals surface area contributed by atoms with Gasteiger partial charge in [-0.1, -0.05) is 11.3 Å². The van der Waals surface area contributed by atoms with Crippen LogP contribution in [-0.2, 0) is 6.54 Å². The molecule has 1 unspecified atom stereocenters. The van der Waals surface area contributed by atoms with E-state index in [0.717, 1.165) is 11.6 Å². The number of ether oxygens (including phenoxy) is 1. The number of piperidine rings is 1. The van der Waals surface area contributed by atoms with Gasteiger partial charge in [0.2, 0.25) is 0 Å². The van der Waals surface area contributed by atoms with Crippen molar-refractivity contribution in [2.75, 3.05) is 39.8 Å². The molecule has 0 saturated carbocycles. The van der Waals surface area contributed by atoms with Crippen LogP contribution in [-0.4, -0.2) is 59.8 Å². The topological polar surface area (TPSA) is 41.5 Å². The summed E-state index contributed by atoms with van der Waals surface area (Å²) in [6, 6.07) is 0. The highest BCUT2D eigenvalue weighted by molar-refractivity contribution is 7.13. The molecule has 1 atom stereocenters. The Morgan fingerprint density at radius 1 is 1.25 bits per heavy atom. The van der Waals surface area contributed by atoms with Crippen molar-refractivity contribution in [3.63, 3.8) is 0 Å². The molecule has 2 saturated heterocycles. The molecular formula is C14H24N4OS. The molecule has 0 aliphatic carbocycles. The Bertz CT molecular complexity index is 452. The van der Waals surface area contributed by atoms with Gasteiger partial charge in [-0.3, -0.25) is 4.90 Å². The van der Waals surface area contributed by atoms with E-state index in [1.165, 1.54) is 45.4 Å². The lowest BCUT2D eigenvalue weighted by molar-refractivity contribution is 0.112. The van der Waals surface area contributed by atoms with Gasteiger partial charge < -0.3 is 9.64 Å². The van der Waals surface area contributed by atoms with E-state index < -0.39 is 0 Å². The van der Waals surface area contributed by atoms with E-state index in [2.05, 4.69) is 27.0 Å². The van der Waals surface area contributed by atoms with E-state index >= 15 is 0 Å². The van der Waals surface area contributed by atoms with Crippen LogP contribution >= 0.6 is 11.3 Å². The lowest BCUT2D eigenvalue weighted by Crippen LogP contribution is -2.42. The SMILES string of the molecule is CCOc1nnc(CN2CCC3(CCCN(C)C3)C2)s1. The highest BCUT2D eigenvalue weighted by Crippen LogP contribution is 2.39. The van der Waals surface area contributed by atoms with Crippen LogP contribution in [0.3, 0.4) is 0 Å². The Balaban J connectivity index is 1.56. The molecule has 112 valence electrons. The van der Waals surface area contributed by atoms with Crippen LogP contribution in [0, 0.1) is 5.41 Å². The van der Waals surface area contributed by atoms with Crippen molar-refractivity contribution < 1.29 is 4.74 Å². The van der Waals surface area contributed by atoms with Crippen LogP contribution in [0.1, 0.15) is 31.2 Å². The molecule has 0 aromatic carbocycles. The van der Waals surface area contributed by atoms with Gasteiger partial charge in [0.05, 0.1) is 13.2 Å². The van der Waals surface area contributed by atoms with Crippen molar-refractivity contribution in [2.24, 2.45) is 5.41 Å². The summed E-state index contributed by atoms with van der Waals surface area (Å²) in [5.74, 6) is 0. The monoisotopic (exact) mass is 296 g/mol. The minimum absolute atomic E-state index is 0.528. The van der Waals surface area contributed by atoms with Gasteiger partial charge in [0, 0.05) is 13.1 Å². The van der Waals surface area contributed by atoms with E-state index in [1.807, 2.05) is 6.92 Å². The first-order valence-electron chi connectivity index (χ1n) is 7.55. The molecule has 0 bridgehead atoms. The Labute approximate surface area is 124 Å². The second kappa shape index (κ2) is 5.95. The molecule has 1 spiro atoms. The standard InChI is InChI=1S/C14H24N4OS/c1-3-19-13-16-15-12(20-13)9-18-8-6-14(11-18)5-4-7-17(2)10-14/h3-11H2,1-2H3. The molecule has 5 nitrogen and oxygen atoms in total. The number of rotatable bonds is 4. The minimum atomic E-state index is 0.528. The molecule has 2 fully saturated rings. The Morgan fingerprint density at radius 3 is 2.95 bits per heavy atom. The Morgan fingerprint density at radius 2 is 2.15 bits per heavy atom. The molecule has 3 rings (SSSR count). The zero-order chi connectivity index (χ0) is 14.0. The summed E-state index contributed by atoms with van der Waals surface area (Å²) in [6.45, 7) is 8.48. The summed E-state index contributed by atoms with van der Waals surface area (Å²) < 4.78 is 5.39. The maximum Gasteiger partial charge on any atom is 0.294 e. The Hall–Kier alpha value is -0.720. The van der Waals surface area contributed by atoms with E-state index in [-0.39, 0.29) is 0 Å². The lowest BCUT2D eigenvalue weighted by Gasteiger charge is -2.38. The molecule has 6 heteroatoms. The predicted octanol–water partition coefficient (Wildman–Crippen LogP) is 1.85. The molecule has 0 N–H and O–H groups in total. The normalized spacial score (nSPS) is 28.3. The second-order valence-corrected chi connectivity index (χ2v) is 7.22. The van der Waals surface area contributed by atoms with Gasteiger partial charge in [-0.25, -0.2) is 0 Å². The lowest BCUT2D eigenvalue weighted by atomic mass is 9.79. The molecule has 1 aromatic heterocycles. The van der Waals surface area contributed by atoms with Crippen LogP contribution in [0.2, 0.25) is 0 Å². The van der Waals surface area contributed by atoms with Crippen molar-refractivity contribution in [3.8, 4) is 5.19 Å².